The van der Waals surface area contributed by atoms with Crippen LogP contribution in [0.5, 0.6) is 0 Å². The number of anilines is 1. The first-order valence-electron chi connectivity index (χ1n) is 4.62. The van der Waals surface area contributed by atoms with Gasteiger partial charge < -0.3 is 10.4 Å². The van der Waals surface area contributed by atoms with Gasteiger partial charge >= 0.3 is 0 Å². The van der Waals surface area contributed by atoms with E-state index in [-0.39, 0.29) is 12.3 Å². The second-order valence-corrected chi connectivity index (χ2v) is 3.47. The fourth-order valence-electron chi connectivity index (χ4n) is 1.20. The summed E-state index contributed by atoms with van der Waals surface area (Å²) in [5.74, 6) is -0.161. The van der Waals surface area contributed by atoms with E-state index in [4.69, 9.17) is 5.11 Å². The molecule has 0 saturated carbocycles. The molecule has 1 rings (SSSR count). The van der Waals surface area contributed by atoms with Gasteiger partial charge in [-0.05, 0) is 31.5 Å². The van der Waals surface area contributed by atoms with Crippen molar-refractivity contribution in [1.29, 1.82) is 0 Å². The second-order valence-electron chi connectivity index (χ2n) is 3.47. The number of carbonyl (C=O) groups excluding carboxylic acids is 1. The highest BCUT2D eigenvalue weighted by atomic mass is 16.3. The van der Waals surface area contributed by atoms with Crippen LogP contribution < -0.4 is 5.32 Å². The van der Waals surface area contributed by atoms with Crippen molar-refractivity contribution in [3.8, 4) is 0 Å². The summed E-state index contributed by atoms with van der Waals surface area (Å²) in [6.07, 6.45) is -0.465. The number of rotatable bonds is 3. The Balaban J connectivity index is 2.56. The van der Waals surface area contributed by atoms with Gasteiger partial charge in [0.1, 0.15) is 0 Å². The number of nitrogens with one attached hydrogen (secondary N) is 1. The predicted molar refractivity (Wildman–Crippen MR) is 56.1 cm³/mol. The normalized spacial score (nSPS) is 12.2. The molecule has 1 aromatic carbocycles. The highest BCUT2D eigenvalue weighted by Gasteiger charge is 2.05. The zero-order chi connectivity index (χ0) is 10.6. The maximum atomic E-state index is 11.3. The van der Waals surface area contributed by atoms with E-state index in [9.17, 15) is 4.79 Å². The zero-order valence-electron chi connectivity index (χ0n) is 8.45. The molecule has 0 radical (unpaired) electrons. The molecule has 76 valence electrons. The second kappa shape index (κ2) is 4.77. The Bertz CT molecular complexity index is 321. The van der Waals surface area contributed by atoms with E-state index < -0.39 is 6.10 Å². The van der Waals surface area contributed by atoms with Crippen molar-refractivity contribution in [2.24, 2.45) is 0 Å². The van der Waals surface area contributed by atoms with Crippen molar-refractivity contribution < 1.29 is 9.90 Å². The smallest absolute Gasteiger partial charge is 0.226 e. The number of hydrogen-bond acceptors (Lipinski definition) is 2. The molecule has 1 aromatic rings. The third kappa shape index (κ3) is 3.58. The minimum absolute atomic E-state index is 0.133. The molecule has 3 heteroatoms. The third-order valence-corrected chi connectivity index (χ3v) is 1.78. The molecule has 3 nitrogen and oxygen atoms in total. The van der Waals surface area contributed by atoms with Crippen molar-refractivity contribution in [1.82, 2.24) is 0 Å². The first-order chi connectivity index (χ1) is 6.58. The number of amides is 1. The summed E-state index contributed by atoms with van der Waals surface area (Å²) >= 11 is 0. The van der Waals surface area contributed by atoms with Gasteiger partial charge in [0.15, 0.2) is 0 Å². The molecular weight excluding hydrogens is 178 g/mol. The summed E-state index contributed by atoms with van der Waals surface area (Å²) < 4.78 is 0. The summed E-state index contributed by atoms with van der Waals surface area (Å²) in [6, 6.07) is 7.56. The Morgan fingerprint density at radius 1 is 1.57 bits per heavy atom. The van der Waals surface area contributed by atoms with Crippen LogP contribution in [0.1, 0.15) is 18.9 Å². The van der Waals surface area contributed by atoms with E-state index in [0.717, 1.165) is 11.3 Å². The Labute approximate surface area is 83.8 Å². The molecule has 1 atom stereocenters. The molecule has 0 aliphatic heterocycles. The first kappa shape index (κ1) is 10.7. The van der Waals surface area contributed by atoms with Crippen LogP contribution in [0.3, 0.4) is 0 Å². The Hall–Kier alpha value is -1.35. The van der Waals surface area contributed by atoms with E-state index >= 15 is 0 Å². The Morgan fingerprint density at radius 3 is 2.86 bits per heavy atom. The van der Waals surface area contributed by atoms with E-state index in [1.165, 1.54) is 0 Å². The van der Waals surface area contributed by atoms with Gasteiger partial charge in [0.25, 0.3) is 0 Å². The lowest BCUT2D eigenvalue weighted by atomic mass is 10.2. The molecule has 0 aliphatic rings. The highest BCUT2D eigenvalue weighted by Crippen LogP contribution is 2.09. The Kier molecular flexibility index (Phi) is 3.65. The minimum Gasteiger partial charge on any atom is -0.393 e. The van der Waals surface area contributed by atoms with Gasteiger partial charge in [-0.1, -0.05) is 12.1 Å². The lowest BCUT2D eigenvalue weighted by Gasteiger charge is -2.06. The van der Waals surface area contributed by atoms with E-state index in [2.05, 4.69) is 5.32 Å². The summed E-state index contributed by atoms with van der Waals surface area (Å²) in [7, 11) is 0. The molecule has 0 bridgehead atoms. The van der Waals surface area contributed by atoms with Gasteiger partial charge in [0.2, 0.25) is 5.91 Å². The number of hydrogen-bond donors (Lipinski definition) is 2. The molecule has 2 N–H and O–H groups in total. The topological polar surface area (TPSA) is 49.3 Å². The van der Waals surface area contributed by atoms with Crippen molar-refractivity contribution in [3.05, 3.63) is 29.8 Å². The average Bonchev–Trinajstić information content (AvgIpc) is 2.01. The summed E-state index contributed by atoms with van der Waals surface area (Å²) in [5.41, 5.74) is 1.87. The van der Waals surface area contributed by atoms with E-state index in [1.807, 2.05) is 31.2 Å². The van der Waals surface area contributed by atoms with Crippen molar-refractivity contribution >= 4 is 11.6 Å². The maximum absolute atomic E-state index is 11.3. The molecule has 0 heterocycles. The minimum atomic E-state index is -0.597. The van der Waals surface area contributed by atoms with Crippen LogP contribution in [0.15, 0.2) is 24.3 Å². The van der Waals surface area contributed by atoms with Crippen LogP contribution in [-0.2, 0) is 4.79 Å². The zero-order valence-corrected chi connectivity index (χ0v) is 8.45. The fraction of sp³-hybridized carbons (Fsp3) is 0.364. The lowest BCUT2D eigenvalue weighted by molar-refractivity contribution is -0.117. The fourth-order valence-corrected chi connectivity index (χ4v) is 1.20. The molecular formula is C11H15NO2. The van der Waals surface area contributed by atoms with Crippen molar-refractivity contribution in [2.75, 3.05) is 5.32 Å². The van der Waals surface area contributed by atoms with Crippen molar-refractivity contribution in [3.63, 3.8) is 0 Å². The molecule has 0 spiro atoms. The molecule has 1 unspecified atom stereocenters. The largest absolute Gasteiger partial charge is 0.393 e. The summed E-state index contributed by atoms with van der Waals surface area (Å²) in [4.78, 5) is 11.3. The predicted octanol–water partition coefficient (Wildman–Crippen LogP) is 1.70. The van der Waals surface area contributed by atoms with Crippen LogP contribution in [0, 0.1) is 6.92 Å². The van der Waals surface area contributed by atoms with Gasteiger partial charge in [-0.25, -0.2) is 0 Å². The number of carbonyl (C=O) groups is 1. The molecule has 0 saturated heterocycles. The van der Waals surface area contributed by atoms with Crippen molar-refractivity contribution in [2.45, 2.75) is 26.4 Å². The number of aliphatic hydroxyl groups is 1. The monoisotopic (exact) mass is 193 g/mol. The number of aryl methyl sites for hydroxylation is 1. The van der Waals surface area contributed by atoms with Crippen LogP contribution in [-0.4, -0.2) is 17.1 Å². The van der Waals surface area contributed by atoms with Gasteiger partial charge in [0.05, 0.1) is 12.5 Å². The van der Waals surface area contributed by atoms with Gasteiger partial charge in [-0.15, -0.1) is 0 Å². The van der Waals surface area contributed by atoms with Crippen LogP contribution in [0.25, 0.3) is 0 Å². The van der Waals surface area contributed by atoms with Gasteiger partial charge in [-0.3, -0.25) is 4.79 Å². The van der Waals surface area contributed by atoms with E-state index in [1.54, 1.807) is 6.92 Å². The van der Waals surface area contributed by atoms with Gasteiger partial charge in [0, 0.05) is 5.69 Å². The molecule has 1 amide bonds. The molecule has 0 fully saturated rings. The number of benzene rings is 1. The molecule has 0 aromatic heterocycles. The SMILES string of the molecule is Cc1cccc(NC(=O)CC(C)O)c1. The summed E-state index contributed by atoms with van der Waals surface area (Å²) in [5, 5.41) is 11.7. The molecule has 0 aliphatic carbocycles. The van der Waals surface area contributed by atoms with Gasteiger partial charge in [-0.2, -0.15) is 0 Å². The lowest BCUT2D eigenvalue weighted by Crippen LogP contribution is -2.17. The standard InChI is InChI=1S/C11H15NO2/c1-8-4-3-5-10(6-8)12-11(14)7-9(2)13/h3-6,9,13H,7H2,1-2H3,(H,12,14). The van der Waals surface area contributed by atoms with Crippen LogP contribution >= 0.6 is 0 Å². The summed E-state index contributed by atoms with van der Waals surface area (Å²) in [6.45, 7) is 3.56. The first-order valence-corrected chi connectivity index (χ1v) is 4.62. The van der Waals surface area contributed by atoms with E-state index in [0.29, 0.717) is 0 Å². The van der Waals surface area contributed by atoms with Crippen LogP contribution in [0.2, 0.25) is 0 Å². The highest BCUT2D eigenvalue weighted by molar-refractivity contribution is 5.91. The Morgan fingerprint density at radius 2 is 2.29 bits per heavy atom. The molecule has 14 heavy (non-hydrogen) atoms. The number of aliphatic hydroxyl groups excluding tert-OH is 1. The van der Waals surface area contributed by atoms with Crippen LogP contribution in [0.4, 0.5) is 5.69 Å². The quantitative estimate of drug-likeness (QED) is 0.767. The third-order valence-electron chi connectivity index (χ3n) is 1.78. The maximum Gasteiger partial charge on any atom is 0.226 e. The average molecular weight is 193 g/mol.